The van der Waals surface area contributed by atoms with E-state index in [1.807, 2.05) is 42.2 Å². The monoisotopic (exact) mass is 263 g/mol. The van der Waals surface area contributed by atoms with E-state index in [4.69, 9.17) is 9.47 Å². The Balaban J connectivity index is 2.02. The molecule has 1 saturated heterocycles. The van der Waals surface area contributed by atoms with Gasteiger partial charge >= 0.3 is 0 Å². The lowest BCUT2D eigenvalue weighted by molar-refractivity contribution is -0.153. The number of nitrogens with zero attached hydrogens (tertiary/aromatic N) is 1. The van der Waals surface area contributed by atoms with Gasteiger partial charge in [0.2, 0.25) is 5.91 Å². The molecule has 1 aliphatic heterocycles. The average Bonchev–Trinajstić information content (AvgIpc) is 2.44. The molecule has 0 saturated carbocycles. The number of amides is 1. The highest BCUT2D eigenvalue weighted by Crippen LogP contribution is 2.23. The van der Waals surface area contributed by atoms with Gasteiger partial charge in [0.25, 0.3) is 0 Å². The first-order chi connectivity index (χ1) is 9.22. The number of rotatable bonds is 5. The molecule has 1 aromatic carbocycles. The summed E-state index contributed by atoms with van der Waals surface area (Å²) in [5, 5.41) is 0. The van der Waals surface area contributed by atoms with Crippen LogP contribution < -0.4 is 0 Å². The van der Waals surface area contributed by atoms with Gasteiger partial charge in [0.1, 0.15) is 6.79 Å². The standard InChI is InChI=1S/C15H21NO3/c1-12-14(19-11-18-2)8-9-15(17)16(12)10-13-6-4-3-5-7-13/h3-7,12,14H,8-11H2,1-2H3/t12-,14-/m0/s1. The molecule has 1 amide bonds. The van der Waals surface area contributed by atoms with Gasteiger partial charge in [0, 0.05) is 20.1 Å². The number of benzene rings is 1. The normalized spacial score (nSPS) is 23.7. The van der Waals surface area contributed by atoms with Crippen LogP contribution in [0.4, 0.5) is 0 Å². The fourth-order valence-corrected chi connectivity index (χ4v) is 2.47. The minimum absolute atomic E-state index is 0.0568. The molecular formula is C15H21NO3. The summed E-state index contributed by atoms with van der Waals surface area (Å²) in [6.07, 6.45) is 1.38. The minimum atomic E-state index is 0.0568. The molecule has 19 heavy (non-hydrogen) atoms. The van der Waals surface area contributed by atoms with Gasteiger partial charge in [-0.1, -0.05) is 30.3 Å². The van der Waals surface area contributed by atoms with Crippen molar-refractivity contribution in [2.24, 2.45) is 0 Å². The Kier molecular flexibility index (Phi) is 4.93. The Morgan fingerprint density at radius 2 is 2.05 bits per heavy atom. The van der Waals surface area contributed by atoms with Crippen molar-refractivity contribution < 1.29 is 14.3 Å². The van der Waals surface area contributed by atoms with Crippen LogP contribution >= 0.6 is 0 Å². The number of carbonyl (C=O) groups excluding carboxylic acids is 1. The smallest absolute Gasteiger partial charge is 0.223 e. The third kappa shape index (κ3) is 3.55. The summed E-state index contributed by atoms with van der Waals surface area (Å²) < 4.78 is 10.6. The molecule has 0 radical (unpaired) electrons. The maximum Gasteiger partial charge on any atom is 0.223 e. The minimum Gasteiger partial charge on any atom is -0.359 e. The first kappa shape index (κ1) is 14.0. The van der Waals surface area contributed by atoms with E-state index in [1.54, 1.807) is 7.11 Å². The number of hydrogen-bond acceptors (Lipinski definition) is 3. The highest BCUT2D eigenvalue weighted by Gasteiger charge is 2.33. The number of ether oxygens (including phenoxy) is 2. The van der Waals surface area contributed by atoms with Crippen molar-refractivity contribution in [3.8, 4) is 0 Å². The van der Waals surface area contributed by atoms with E-state index < -0.39 is 0 Å². The highest BCUT2D eigenvalue weighted by atomic mass is 16.7. The van der Waals surface area contributed by atoms with Crippen LogP contribution in [0.3, 0.4) is 0 Å². The van der Waals surface area contributed by atoms with Crippen LogP contribution in [-0.2, 0) is 20.8 Å². The van der Waals surface area contributed by atoms with Crippen LogP contribution in [-0.4, -0.2) is 36.9 Å². The summed E-state index contributed by atoms with van der Waals surface area (Å²) in [7, 11) is 1.61. The van der Waals surface area contributed by atoms with Gasteiger partial charge in [-0.05, 0) is 18.9 Å². The Hall–Kier alpha value is -1.39. The van der Waals surface area contributed by atoms with Gasteiger partial charge < -0.3 is 14.4 Å². The number of carbonyl (C=O) groups is 1. The van der Waals surface area contributed by atoms with Gasteiger partial charge in [-0.3, -0.25) is 4.79 Å². The van der Waals surface area contributed by atoms with Gasteiger partial charge in [-0.2, -0.15) is 0 Å². The fraction of sp³-hybridized carbons (Fsp3) is 0.533. The number of methoxy groups -OCH3 is 1. The van der Waals surface area contributed by atoms with Crippen LogP contribution in [0.15, 0.2) is 30.3 Å². The van der Waals surface area contributed by atoms with Crippen LogP contribution in [0.25, 0.3) is 0 Å². The zero-order chi connectivity index (χ0) is 13.7. The summed E-state index contributed by atoms with van der Waals surface area (Å²) in [5.74, 6) is 0.202. The van der Waals surface area contributed by atoms with Crippen molar-refractivity contribution in [1.29, 1.82) is 0 Å². The lowest BCUT2D eigenvalue weighted by atomic mass is 9.98. The van der Waals surface area contributed by atoms with E-state index in [0.29, 0.717) is 13.0 Å². The van der Waals surface area contributed by atoms with Crippen molar-refractivity contribution in [2.75, 3.05) is 13.9 Å². The van der Waals surface area contributed by atoms with Crippen molar-refractivity contribution >= 4 is 5.91 Å². The van der Waals surface area contributed by atoms with Crippen molar-refractivity contribution in [3.05, 3.63) is 35.9 Å². The molecule has 2 atom stereocenters. The highest BCUT2D eigenvalue weighted by molar-refractivity contribution is 5.77. The van der Waals surface area contributed by atoms with Crippen molar-refractivity contribution in [2.45, 2.75) is 38.5 Å². The van der Waals surface area contributed by atoms with E-state index in [9.17, 15) is 4.79 Å². The molecule has 104 valence electrons. The molecular weight excluding hydrogens is 242 g/mol. The van der Waals surface area contributed by atoms with E-state index >= 15 is 0 Å². The topological polar surface area (TPSA) is 38.8 Å². The second kappa shape index (κ2) is 6.68. The maximum atomic E-state index is 12.1. The molecule has 4 heteroatoms. The molecule has 0 aromatic heterocycles. The Morgan fingerprint density at radius 1 is 1.32 bits per heavy atom. The largest absolute Gasteiger partial charge is 0.359 e. The zero-order valence-corrected chi connectivity index (χ0v) is 11.5. The van der Waals surface area contributed by atoms with Crippen LogP contribution in [0, 0.1) is 0 Å². The predicted molar refractivity (Wildman–Crippen MR) is 72.4 cm³/mol. The first-order valence-electron chi connectivity index (χ1n) is 6.66. The SMILES string of the molecule is COCO[C@H]1CCC(=O)N(Cc2ccccc2)[C@H]1C. The second-order valence-electron chi connectivity index (χ2n) is 4.90. The summed E-state index contributed by atoms with van der Waals surface area (Å²) in [6.45, 7) is 2.97. The maximum absolute atomic E-state index is 12.1. The Morgan fingerprint density at radius 3 is 2.74 bits per heavy atom. The Labute approximate surface area is 114 Å². The molecule has 2 rings (SSSR count). The van der Waals surface area contributed by atoms with E-state index in [1.165, 1.54) is 0 Å². The summed E-state index contributed by atoms with van der Waals surface area (Å²) >= 11 is 0. The van der Waals surface area contributed by atoms with Crippen LogP contribution in [0.2, 0.25) is 0 Å². The molecule has 1 aromatic rings. The van der Waals surface area contributed by atoms with E-state index in [0.717, 1.165) is 12.0 Å². The molecule has 1 fully saturated rings. The summed E-state index contributed by atoms with van der Waals surface area (Å²) in [4.78, 5) is 14.0. The molecule has 0 aliphatic carbocycles. The van der Waals surface area contributed by atoms with Gasteiger partial charge in [0.15, 0.2) is 0 Å². The van der Waals surface area contributed by atoms with Crippen molar-refractivity contribution in [1.82, 2.24) is 4.90 Å². The average molecular weight is 263 g/mol. The molecule has 0 spiro atoms. The first-order valence-corrected chi connectivity index (χ1v) is 6.66. The number of piperidine rings is 1. The van der Waals surface area contributed by atoms with Crippen LogP contribution in [0.1, 0.15) is 25.3 Å². The quantitative estimate of drug-likeness (QED) is 0.764. The zero-order valence-electron chi connectivity index (χ0n) is 11.5. The number of hydrogen-bond donors (Lipinski definition) is 0. The molecule has 1 heterocycles. The lowest BCUT2D eigenvalue weighted by Crippen LogP contribution is -2.50. The van der Waals surface area contributed by atoms with Gasteiger partial charge in [0.05, 0.1) is 12.1 Å². The van der Waals surface area contributed by atoms with Crippen molar-refractivity contribution in [3.63, 3.8) is 0 Å². The Bertz CT molecular complexity index is 407. The fourth-order valence-electron chi connectivity index (χ4n) is 2.47. The van der Waals surface area contributed by atoms with Gasteiger partial charge in [-0.25, -0.2) is 0 Å². The second-order valence-corrected chi connectivity index (χ2v) is 4.90. The summed E-state index contributed by atoms with van der Waals surface area (Å²) in [5.41, 5.74) is 1.15. The third-order valence-corrected chi connectivity index (χ3v) is 3.59. The van der Waals surface area contributed by atoms with Crippen LogP contribution in [0.5, 0.6) is 0 Å². The summed E-state index contributed by atoms with van der Waals surface area (Å²) in [6, 6.07) is 10.1. The third-order valence-electron chi connectivity index (χ3n) is 3.59. The predicted octanol–water partition coefficient (Wildman–Crippen LogP) is 2.19. The molecule has 1 aliphatic rings. The van der Waals surface area contributed by atoms with E-state index in [-0.39, 0.29) is 24.8 Å². The van der Waals surface area contributed by atoms with E-state index in [2.05, 4.69) is 0 Å². The molecule has 0 unspecified atom stereocenters. The molecule has 0 bridgehead atoms. The molecule has 4 nitrogen and oxygen atoms in total. The lowest BCUT2D eigenvalue weighted by Gasteiger charge is -2.39. The van der Waals surface area contributed by atoms with Gasteiger partial charge in [-0.15, -0.1) is 0 Å². The number of likely N-dealkylation sites (tertiary alicyclic amines) is 1. The molecule has 0 N–H and O–H groups in total.